The summed E-state index contributed by atoms with van der Waals surface area (Å²) >= 11 is 5.99. The van der Waals surface area contributed by atoms with Crippen LogP contribution in [0.4, 0.5) is 0 Å². The van der Waals surface area contributed by atoms with E-state index in [1.807, 2.05) is 0 Å². The molecule has 0 aliphatic heterocycles. The van der Waals surface area contributed by atoms with Gasteiger partial charge in [-0.2, -0.15) is 4.98 Å². The summed E-state index contributed by atoms with van der Waals surface area (Å²) in [6.45, 7) is 5.37. The van der Waals surface area contributed by atoms with Gasteiger partial charge in [0.15, 0.2) is 11.2 Å². The number of aryl methyl sites for hydroxylation is 1. The van der Waals surface area contributed by atoms with Crippen LogP contribution in [-0.4, -0.2) is 26.6 Å². The highest BCUT2D eigenvalue weighted by Gasteiger charge is 2.15. The van der Waals surface area contributed by atoms with E-state index in [9.17, 15) is 0 Å². The molecule has 0 spiro atoms. The summed E-state index contributed by atoms with van der Waals surface area (Å²) in [5.41, 5.74) is 1.49. The largest absolute Gasteiger partial charge is 0.479 e. The zero-order chi connectivity index (χ0) is 14.5. The van der Waals surface area contributed by atoms with E-state index in [0.29, 0.717) is 17.3 Å². The fourth-order valence-electron chi connectivity index (χ4n) is 2.27. The maximum Gasteiger partial charge on any atom is 0.245 e. The van der Waals surface area contributed by atoms with Crippen LogP contribution < -0.4 is 4.74 Å². The van der Waals surface area contributed by atoms with Crippen LogP contribution in [0.2, 0.25) is 0 Å². The van der Waals surface area contributed by atoms with Crippen molar-refractivity contribution in [3.05, 3.63) is 12.2 Å². The number of ether oxygens (including phenoxy) is 1. The minimum atomic E-state index is 0.365. The van der Waals surface area contributed by atoms with Gasteiger partial charge in [-0.05, 0) is 12.3 Å². The molecule has 0 aliphatic rings. The molecular formula is C14H21ClN4O. The molecule has 5 nitrogen and oxygen atoms in total. The van der Waals surface area contributed by atoms with Gasteiger partial charge in [0.05, 0.1) is 13.0 Å². The third-order valence-electron chi connectivity index (χ3n) is 3.30. The molecule has 0 atom stereocenters. The molecular weight excluding hydrogens is 276 g/mol. The van der Waals surface area contributed by atoms with Gasteiger partial charge in [0, 0.05) is 6.54 Å². The number of rotatable bonds is 7. The summed E-state index contributed by atoms with van der Waals surface area (Å²) in [7, 11) is 1.59. The Balaban J connectivity index is 2.22. The Morgan fingerprint density at radius 3 is 2.75 bits per heavy atom. The Kier molecular flexibility index (Phi) is 5.17. The van der Waals surface area contributed by atoms with Gasteiger partial charge in [0.2, 0.25) is 5.88 Å². The Hall–Kier alpha value is -1.36. The fraction of sp³-hybridized carbons (Fsp3) is 0.643. The molecule has 0 bridgehead atoms. The smallest absolute Gasteiger partial charge is 0.245 e. The zero-order valence-corrected chi connectivity index (χ0v) is 13.0. The lowest BCUT2D eigenvalue weighted by Crippen LogP contribution is -2.04. The van der Waals surface area contributed by atoms with Crippen LogP contribution in [0.3, 0.4) is 0 Å². The van der Waals surface area contributed by atoms with E-state index in [4.69, 9.17) is 16.3 Å². The molecule has 20 heavy (non-hydrogen) atoms. The standard InChI is InChI=1S/C14H21ClN4O/c1-10(2)6-4-5-7-19-11(8-15)18-12-13(19)16-9-17-14(12)20-3/h9-10H,4-8H2,1-3H3. The van der Waals surface area contributed by atoms with Gasteiger partial charge in [-0.1, -0.05) is 26.7 Å². The average Bonchev–Trinajstić information content (AvgIpc) is 2.81. The lowest BCUT2D eigenvalue weighted by molar-refractivity contribution is 0.401. The molecule has 0 N–H and O–H groups in total. The predicted molar refractivity (Wildman–Crippen MR) is 80.1 cm³/mol. The van der Waals surface area contributed by atoms with Crippen LogP contribution in [-0.2, 0) is 12.4 Å². The van der Waals surface area contributed by atoms with Gasteiger partial charge in [-0.15, -0.1) is 11.6 Å². The first kappa shape index (κ1) is 15.0. The number of hydrogen-bond acceptors (Lipinski definition) is 4. The molecule has 2 aromatic heterocycles. The highest BCUT2D eigenvalue weighted by atomic mass is 35.5. The molecule has 110 valence electrons. The topological polar surface area (TPSA) is 52.8 Å². The molecule has 0 aromatic carbocycles. The van der Waals surface area contributed by atoms with Gasteiger partial charge in [0.1, 0.15) is 12.2 Å². The molecule has 2 aromatic rings. The van der Waals surface area contributed by atoms with Crippen molar-refractivity contribution in [2.45, 2.75) is 45.5 Å². The van der Waals surface area contributed by atoms with Crippen molar-refractivity contribution >= 4 is 22.8 Å². The second-order valence-corrected chi connectivity index (χ2v) is 5.53. The van der Waals surface area contributed by atoms with Crippen molar-refractivity contribution in [1.82, 2.24) is 19.5 Å². The van der Waals surface area contributed by atoms with Gasteiger partial charge in [-0.25, -0.2) is 9.97 Å². The number of unbranched alkanes of at least 4 members (excludes halogenated alkanes) is 1. The van der Waals surface area contributed by atoms with E-state index in [1.54, 1.807) is 7.11 Å². The molecule has 0 radical (unpaired) electrons. The van der Waals surface area contributed by atoms with E-state index >= 15 is 0 Å². The zero-order valence-electron chi connectivity index (χ0n) is 12.3. The van der Waals surface area contributed by atoms with Crippen LogP contribution >= 0.6 is 11.6 Å². The van der Waals surface area contributed by atoms with Crippen molar-refractivity contribution in [3.63, 3.8) is 0 Å². The summed E-state index contributed by atoms with van der Waals surface area (Å²) < 4.78 is 7.30. The number of halogens is 1. The minimum Gasteiger partial charge on any atom is -0.479 e. The molecule has 0 amide bonds. The Morgan fingerprint density at radius 2 is 2.10 bits per heavy atom. The molecule has 0 saturated carbocycles. The van der Waals surface area contributed by atoms with E-state index in [1.165, 1.54) is 19.2 Å². The Morgan fingerprint density at radius 1 is 1.30 bits per heavy atom. The maximum atomic E-state index is 5.99. The maximum absolute atomic E-state index is 5.99. The summed E-state index contributed by atoms with van der Waals surface area (Å²) in [6, 6.07) is 0. The predicted octanol–water partition coefficient (Wildman–Crippen LogP) is 3.40. The Bertz CT molecular complexity index is 568. The highest BCUT2D eigenvalue weighted by molar-refractivity contribution is 6.16. The van der Waals surface area contributed by atoms with Gasteiger partial charge in [-0.3, -0.25) is 0 Å². The van der Waals surface area contributed by atoms with Gasteiger partial charge < -0.3 is 9.30 Å². The first-order valence-electron chi connectivity index (χ1n) is 6.97. The van der Waals surface area contributed by atoms with Crippen LogP contribution in [0.25, 0.3) is 11.2 Å². The third-order valence-corrected chi connectivity index (χ3v) is 3.54. The monoisotopic (exact) mass is 296 g/mol. The molecule has 0 unspecified atom stereocenters. The molecule has 2 heterocycles. The number of nitrogens with zero attached hydrogens (tertiary/aromatic N) is 4. The quantitative estimate of drug-likeness (QED) is 0.580. The molecule has 0 fully saturated rings. The van der Waals surface area contributed by atoms with Crippen LogP contribution in [0.1, 0.15) is 38.9 Å². The summed E-state index contributed by atoms with van der Waals surface area (Å²) in [4.78, 5) is 12.9. The molecule has 0 aliphatic carbocycles. The van der Waals surface area contributed by atoms with Crippen molar-refractivity contribution in [1.29, 1.82) is 0 Å². The molecule has 6 heteroatoms. The fourth-order valence-corrected chi connectivity index (χ4v) is 2.47. The SMILES string of the molecule is COc1ncnc2c1nc(CCl)n2CCCCC(C)C. The van der Waals surface area contributed by atoms with Crippen molar-refractivity contribution in [2.24, 2.45) is 5.92 Å². The number of fused-ring (bicyclic) bond motifs is 1. The summed E-state index contributed by atoms with van der Waals surface area (Å²) in [5, 5.41) is 0. The number of methoxy groups -OCH3 is 1. The number of hydrogen-bond donors (Lipinski definition) is 0. The second kappa shape index (κ2) is 6.88. The van der Waals surface area contributed by atoms with E-state index in [-0.39, 0.29) is 0 Å². The first-order chi connectivity index (χ1) is 9.67. The average molecular weight is 297 g/mol. The van der Waals surface area contributed by atoms with Gasteiger partial charge >= 0.3 is 0 Å². The third kappa shape index (κ3) is 3.20. The van der Waals surface area contributed by atoms with E-state index in [2.05, 4.69) is 33.4 Å². The van der Waals surface area contributed by atoms with Crippen molar-refractivity contribution < 1.29 is 4.74 Å². The normalized spacial score (nSPS) is 11.4. The Labute approximate surface area is 124 Å². The summed E-state index contributed by atoms with van der Waals surface area (Å²) in [5.74, 6) is 2.43. The highest BCUT2D eigenvalue weighted by Crippen LogP contribution is 2.23. The number of aromatic nitrogens is 4. The van der Waals surface area contributed by atoms with Crippen molar-refractivity contribution in [2.75, 3.05) is 7.11 Å². The molecule has 2 rings (SSSR count). The van der Waals surface area contributed by atoms with E-state index < -0.39 is 0 Å². The number of alkyl halides is 1. The van der Waals surface area contributed by atoms with Crippen LogP contribution in [0, 0.1) is 5.92 Å². The lowest BCUT2D eigenvalue weighted by Gasteiger charge is -2.08. The van der Waals surface area contributed by atoms with Crippen LogP contribution in [0.15, 0.2) is 6.33 Å². The van der Waals surface area contributed by atoms with Crippen LogP contribution in [0.5, 0.6) is 5.88 Å². The van der Waals surface area contributed by atoms with Crippen molar-refractivity contribution in [3.8, 4) is 5.88 Å². The molecule has 0 saturated heterocycles. The first-order valence-corrected chi connectivity index (χ1v) is 7.50. The minimum absolute atomic E-state index is 0.365. The lowest BCUT2D eigenvalue weighted by atomic mass is 10.1. The van der Waals surface area contributed by atoms with Gasteiger partial charge in [0.25, 0.3) is 0 Å². The number of imidazole rings is 1. The second-order valence-electron chi connectivity index (χ2n) is 5.26. The van der Waals surface area contributed by atoms with E-state index in [0.717, 1.165) is 30.4 Å². The summed E-state index contributed by atoms with van der Waals surface area (Å²) in [6.07, 6.45) is 5.04.